The van der Waals surface area contributed by atoms with Gasteiger partial charge in [-0.2, -0.15) is 0 Å². The second-order valence-corrected chi connectivity index (χ2v) is 8.53. The van der Waals surface area contributed by atoms with Gasteiger partial charge in [-0.3, -0.25) is 9.69 Å². The van der Waals surface area contributed by atoms with Gasteiger partial charge in [-0.05, 0) is 76.3 Å². The van der Waals surface area contributed by atoms with Crippen LogP contribution in [0.2, 0.25) is 0 Å². The maximum absolute atomic E-state index is 13.5. The number of hydrogen-bond donors (Lipinski definition) is 0. The molecule has 1 heterocycles. The third-order valence-electron chi connectivity index (χ3n) is 5.12. The minimum atomic E-state index is -0.0474. The number of carbonyl (C=O) groups excluding carboxylic acids is 1. The molecule has 1 amide bonds. The number of anilines is 1. The third kappa shape index (κ3) is 4.57. The molecule has 0 fully saturated rings. The Bertz CT molecular complexity index is 1000. The average molecular weight is 428 g/mol. The van der Waals surface area contributed by atoms with Gasteiger partial charge in [-0.15, -0.1) is 0 Å². The molecule has 0 bridgehead atoms. The number of benzene rings is 2. The fraction of sp³-hybridized carbons (Fsp3) is 0.391. The van der Waals surface area contributed by atoms with E-state index in [4.69, 9.17) is 14.5 Å². The number of aromatic nitrogens is 1. The van der Waals surface area contributed by atoms with E-state index in [-0.39, 0.29) is 5.91 Å². The molecule has 0 aliphatic rings. The number of thiazole rings is 1. The predicted octanol–water partition coefficient (Wildman–Crippen LogP) is 4.53. The van der Waals surface area contributed by atoms with Gasteiger partial charge in [0, 0.05) is 12.1 Å². The summed E-state index contributed by atoms with van der Waals surface area (Å²) in [6, 6.07) is 9.53. The number of hydrogen-bond acceptors (Lipinski definition) is 6. The van der Waals surface area contributed by atoms with E-state index in [9.17, 15) is 4.79 Å². The molecule has 160 valence electrons. The number of methoxy groups -OCH3 is 2. The summed E-state index contributed by atoms with van der Waals surface area (Å²) in [7, 11) is 7.32. The van der Waals surface area contributed by atoms with Crippen molar-refractivity contribution < 1.29 is 14.3 Å². The predicted molar refractivity (Wildman–Crippen MR) is 123 cm³/mol. The first-order chi connectivity index (χ1) is 14.3. The molecule has 3 rings (SSSR count). The van der Waals surface area contributed by atoms with Gasteiger partial charge in [-0.1, -0.05) is 17.4 Å². The molecule has 7 heteroatoms. The molecule has 3 aromatic rings. The van der Waals surface area contributed by atoms with Crippen molar-refractivity contribution in [2.45, 2.75) is 20.3 Å². The third-order valence-corrected chi connectivity index (χ3v) is 6.21. The molecule has 6 nitrogen and oxygen atoms in total. The molecular formula is C23H29N3O3S. The van der Waals surface area contributed by atoms with Crippen molar-refractivity contribution in [3.8, 4) is 11.5 Å². The second-order valence-electron chi connectivity index (χ2n) is 7.56. The number of amides is 1. The normalized spacial score (nSPS) is 11.2. The van der Waals surface area contributed by atoms with E-state index in [1.165, 1.54) is 16.9 Å². The lowest BCUT2D eigenvalue weighted by atomic mass is 10.1. The zero-order valence-corrected chi connectivity index (χ0v) is 19.3. The molecule has 0 aliphatic heterocycles. The van der Waals surface area contributed by atoms with Crippen LogP contribution in [0.15, 0.2) is 30.3 Å². The summed E-state index contributed by atoms with van der Waals surface area (Å²) in [5.41, 5.74) is 3.64. The van der Waals surface area contributed by atoms with E-state index in [0.717, 1.165) is 29.0 Å². The summed E-state index contributed by atoms with van der Waals surface area (Å²) >= 11 is 1.45. The number of rotatable bonds is 8. The fourth-order valence-corrected chi connectivity index (χ4v) is 4.35. The van der Waals surface area contributed by atoms with Crippen molar-refractivity contribution in [2.24, 2.45) is 0 Å². The van der Waals surface area contributed by atoms with Gasteiger partial charge in [-0.25, -0.2) is 4.98 Å². The Morgan fingerprint density at radius 3 is 2.33 bits per heavy atom. The summed E-state index contributed by atoms with van der Waals surface area (Å²) in [6.07, 6.45) is 0.841. The molecule has 0 aliphatic carbocycles. The molecular weight excluding hydrogens is 398 g/mol. The van der Waals surface area contributed by atoms with Crippen molar-refractivity contribution in [2.75, 3.05) is 46.3 Å². The van der Waals surface area contributed by atoms with Crippen molar-refractivity contribution >= 4 is 32.6 Å². The van der Waals surface area contributed by atoms with Gasteiger partial charge in [0.25, 0.3) is 5.91 Å². The molecule has 1 aromatic heterocycles. The lowest BCUT2D eigenvalue weighted by Crippen LogP contribution is -2.33. The van der Waals surface area contributed by atoms with Crippen molar-refractivity contribution in [3.63, 3.8) is 0 Å². The van der Waals surface area contributed by atoms with Crippen molar-refractivity contribution in [1.29, 1.82) is 0 Å². The number of carbonyl (C=O) groups is 1. The van der Waals surface area contributed by atoms with Crippen LogP contribution in [0.1, 0.15) is 27.9 Å². The molecule has 2 aromatic carbocycles. The van der Waals surface area contributed by atoms with Crippen LogP contribution in [0.25, 0.3) is 10.2 Å². The van der Waals surface area contributed by atoms with Crippen LogP contribution in [-0.2, 0) is 0 Å². The van der Waals surface area contributed by atoms with E-state index < -0.39 is 0 Å². The van der Waals surface area contributed by atoms with Gasteiger partial charge in [0.2, 0.25) is 0 Å². The molecule has 0 saturated heterocycles. The van der Waals surface area contributed by atoms with Crippen LogP contribution < -0.4 is 14.4 Å². The number of nitrogens with zero attached hydrogens (tertiary/aromatic N) is 3. The summed E-state index contributed by atoms with van der Waals surface area (Å²) in [6.45, 7) is 5.53. The molecule has 30 heavy (non-hydrogen) atoms. The van der Waals surface area contributed by atoms with Crippen LogP contribution >= 0.6 is 11.3 Å². The van der Waals surface area contributed by atoms with E-state index in [0.29, 0.717) is 28.5 Å². The zero-order chi connectivity index (χ0) is 21.8. The smallest absolute Gasteiger partial charge is 0.260 e. The van der Waals surface area contributed by atoms with E-state index in [2.05, 4.69) is 4.90 Å². The largest absolute Gasteiger partial charge is 0.495 e. The van der Waals surface area contributed by atoms with Crippen LogP contribution in [0.4, 0.5) is 5.13 Å². The molecule has 0 radical (unpaired) electrons. The van der Waals surface area contributed by atoms with Crippen LogP contribution in [-0.4, -0.2) is 57.2 Å². The minimum absolute atomic E-state index is 0.0474. The van der Waals surface area contributed by atoms with E-state index in [1.54, 1.807) is 19.1 Å². The Morgan fingerprint density at radius 1 is 1.00 bits per heavy atom. The zero-order valence-electron chi connectivity index (χ0n) is 18.5. The van der Waals surface area contributed by atoms with E-state index in [1.807, 2.05) is 58.3 Å². The topological polar surface area (TPSA) is 54.9 Å². The van der Waals surface area contributed by atoms with Gasteiger partial charge in [0.15, 0.2) is 5.13 Å². The number of ether oxygens (including phenoxy) is 2. The van der Waals surface area contributed by atoms with Crippen LogP contribution in [0.3, 0.4) is 0 Å². The molecule has 0 unspecified atom stereocenters. The van der Waals surface area contributed by atoms with Gasteiger partial charge < -0.3 is 14.4 Å². The Hall–Kier alpha value is -2.64. The first-order valence-corrected chi connectivity index (χ1v) is 10.7. The Morgan fingerprint density at radius 2 is 1.70 bits per heavy atom. The Kier molecular flexibility index (Phi) is 6.95. The average Bonchev–Trinajstić information content (AvgIpc) is 3.16. The van der Waals surface area contributed by atoms with E-state index >= 15 is 0 Å². The molecule has 0 atom stereocenters. The summed E-state index contributed by atoms with van der Waals surface area (Å²) in [5.74, 6) is 1.34. The minimum Gasteiger partial charge on any atom is -0.495 e. The monoisotopic (exact) mass is 427 g/mol. The van der Waals surface area contributed by atoms with Gasteiger partial charge in [0.05, 0.1) is 14.2 Å². The number of fused-ring (bicyclic) bond motifs is 1. The summed E-state index contributed by atoms with van der Waals surface area (Å²) in [5, 5.41) is 0.648. The van der Waals surface area contributed by atoms with Gasteiger partial charge >= 0.3 is 0 Å². The standard InChI is InChI=1S/C23H29N3O3S/c1-15-8-9-17(14-16(15)2)22(27)26(13-7-12-25(3)4)23-24-20-18(28-5)10-11-19(29-6)21(20)30-23/h8-11,14H,7,12-13H2,1-6H3. The highest BCUT2D eigenvalue weighted by Crippen LogP contribution is 2.40. The number of aryl methyl sites for hydroxylation is 2. The molecule has 0 saturated carbocycles. The lowest BCUT2D eigenvalue weighted by molar-refractivity contribution is 0.0986. The van der Waals surface area contributed by atoms with Crippen molar-refractivity contribution in [1.82, 2.24) is 9.88 Å². The van der Waals surface area contributed by atoms with Crippen molar-refractivity contribution in [3.05, 3.63) is 47.0 Å². The van der Waals surface area contributed by atoms with Crippen LogP contribution in [0, 0.1) is 13.8 Å². The molecule has 0 N–H and O–H groups in total. The highest BCUT2D eigenvalue weighted by molar-refractivity contribution is 7.22. The summed E-state index contributed by atoms with van der Waals surface area (Å²) in [4.78, 5) is 22.2. The first kappa shape index (κ1) is 22.1. The maximum atomic E-state index is 13.5. The first-order valence-electron chi connectivity index (χ1n) is 9.91. The maximum Gasteiger partial charge on any atom is 0.260 e. The van der Waals surface area contributed by atoms with Crippen LogP contribution in [0.5, 0.6) is 11.5 Å². The SMILES string of the molecule is COc1ccc(OC)c2sc(N(CCCN(C)C)C(=O)c3ccc(C)c(C)c3)nc12. The lowest BCUT2D eigenvalue weighted by Gasteiger charge is -2.21. The molecule has 0 spiro atoms. The highest BCUT2D eigenvalue weighted by Gasteiger charge is 2.23. The Labute approximate surface area is 182 Å². The second kappa shape index (κ2) is 9.45. The highest BCUT2D eigenvalue weighted by atomic mass is 32.1. The fourth-order valence-electron chi connectivity index (χ4n) is 3.25. The summed E-state index contributed by atoms with van der Waals surface area (Å²) < 4.78 is 11.9. The quantitative estimate of drug-likeness (QED) is 0.529. The van der Waals surface area contributed by atoms with Gasteiger partial charge in [0.1, 0.15) is 21.7 Å². The Balaban J connectivity index is 2.05.